The third-order valence-electron chi connectivity index (χ3n) is 4.45. The maximum atomic E-state index is 13.4. The molecule has 8 heteroatoms. The molecule has 30 heavy (non-hydrogen) atoms. The van der Waals surface area contributed by atoms with Crippen molar-refractivity contribution in [1.82, 2.24) is 5.16 Å². The Balaban J connectivity index is 1.57. The van der Waals surface area contributed by atoms with E-state index in [2.05, 4.69) is 5.16 Å². The van der Waals surface area contributed by atoms with Crippen molar-refractivity contribution in [3.63, 3.8) is 0 Å². The molecule has 0 aliphatic rings. The van der Waals surface area contributed by atoms with Crippen molar-refractivity contribution in [2.24, 2.45) is 0 Å². The standard InChI is InChI=1S/C22H20FNO6/c1-13-19(14(2)30-24-13)11-28-17-7-4-15(5-8-17)22(26)29-12-20(25)18-10-16(23)6-9-21(18)27-3/h4-10H,11-12H2,1-3H3. The molecule has 0 N–H and O–H groups in total. The lowest BCUT2D eigenvalue weighted by Gasteiger charge is -2.09. The first-order valence-corrected chi connectivity index (χ1v) is 9.07. The molecule has 0 saturated carbocycles. The number of aryl methyl sites for hydroxylation is 2. The highest BCUT2D eigenvalue weighted by Gasteiger charge is 2.17. The quantitative estimate of drug-likeness (QED) is 0.406. The van der Waals surface area contributed by atoms with Crippen LogP contribution in [-0.4, -0.2) is 30.6 Å². The Morgan fingerprint density at radius 2 is 1.83 bits per heavy atom. The first-order chi connectivity index (χ1) is 14.4. The van der Waals surface area contributed by atoms with E-state index in [-0.39, 0.29) is 23.5 Å². The fourth-order valence-corrected chi connectivity index (χ4v) is 2.74. The van der Waals surface area contributed by atoms with Gasteiger partial charge in [-0.15, -0.1) is 0 Å². The molecule has 0 unspecified atom stereocenters. The summed E-state index contributed by atoms with van der Waals surface area (Å²) in [6, 6.07) is 9.84. The van der Waals surface area contributed by atoms with Crippen LogP contribution in [0.15, 0.2) is 47.0 Å². The van der Waals surface area contributed by atoms with Crippen LogP contribution in [0.1, 0.15) is 37.7 Å². The molecule has 1 aromatic heterocycles. The molecule has 0 bridgehead atoms. The van der Waals surface area contributed by atoms with E-state index < -0.39 is 24.2 Å². The van der Waals surface area contributed by atoms with Gasteiger partial charge in [-0.25, -0.2) is 9.18 Å². The Morgan fingerprint density at radius 1 is 1.10 bits per heavy atom. The lowest BCUT2D eigenvalue weighted by molar-refractivity contribution is 0.0474. The Morgan fingerprint density at radius 3 is 2.47 bits per heavy atom. The first kappa shape index (κ1) is 21.0. The smallest absolute Gasteiger partial charge is 0.338 e. The second kappa shape index (κ2) is 9.21. The molecular formula is C22H20FNO6. The van der Waals surface area contributed by atoms with Crippen LogP contribution in [0.5, 0.6) is 11.5 Å². The number of aromatic nitrogens is 1. The van der Waals surface area contributed by atoms with E-state index in [9.17, 15) is 14.0 Å². The number of carbonyl (C=O) groups is 2. The zero-order valence-corrected chi connectivity index (χ0v) is 16.7. The van der Waals surface area contributed by atoms with Crippen molar-refractivity contribution in [3.8, 4) is 11.5 Å². The van der Waals surface area contributed by atoms with E-state index in [1.54, 1.807) is 19.1 Å². The summed E-state index contributed by atoms with van der Waals surface area (Å²) >= 11 is 0. The number of rotatable bonds is 8. The van der Waals surface area contributed by atoms with Crippen LogP contribution in [0.3, 0.4) is 0 Å². The van der Waals surface area contributed by atoms with E-state index in [1.165, 1.54) is 31.4 Å². The first-order valence-electron chi connectivity index (χ1n) is 9.07. The van der Waals surface area contributed by atoms with Crippen LogP contribution >= 0.6 is 0 Å². The lowest BCUT2D eigenvalue weighted by Crippen LogP contribution is -2.15. The van der Waals surface area contributed by atoms with Crippen LogP contribution in [0, 0.1) is 19.7 Å². The van der Waals surface area contributed by atoms with Gasteiger partial charge in [0.05, 0.1) is 29.5 Å². The molecule has 3 aromatic rings. The third-order valence-corrected chi connectivity index (χ3v) is 4.45. The number of carbonyl (C=O) groups excluding carboxylic acids is 2. The number of halogens is 1. The molecule has 0 spiro atoms. The zero-order chi connectivity index (χ0) is 21.7. The van der Waals surface area contributed by atoms with Gasteiger partial charge in [-0.1, -0.05) is 5.16 Å². The van der Waals surface area contributed by atoms with Crippen molar-refractivity contribution in [1.29, 1.82) is 0 Å². The highest BCUT2D eigenvalue weighted by Crippen LogP contribution is 2.21. The average molecular weight is 413 g/mol. The number of ether oxygens (including phenoxy) is 3. The maximum Gasteiger partial charge on any atom is 0.338 e. The molecular weight excluding hydrogens is 393 g/mol. The summed E-state index contributed by atoms with van der Waals surface area (Å²) in [5, 5.41) is 3.87. The van der Waals surface area contributed by atoms with Crippen molar-refractivity contribution in [2.75, 3.05) is 13.7 Å². The van der Waals surface area contributed by atoms with Crippen molar-refractivity contribution < 1.29 is 32.7 Å². The van der Waals surface area contributed by atoms with Gasteiger partial charge in [-0.05, 0) is 56.3 Å². The second-order valence-electron chi connectivity index (χ2n) is 6.46. The van der Waals surface area contributed by atoms with Gasteiger partial charge in [0, 0.05) is 0 Å². The molecule has 0 aliphatic carbocycles. The zero-order valence-electron chi connectivity index (χ0n) is 16.7. The van der Waals surface area contributed by atoms with Gasteiger partial charge in [0.15, 0.2) is 6.61 Å². The largest absolute Gasteiger partial charge is 0.496 e. The Labute approximate surface area is 172 Å². The Hall–Kier alpha value is -3.68. The summed E-state index contributed by atoms with van der Waals surface area (Å²) in [5.41, 5.74) is 1.88. The van der Waals surface area contributed by atoms with Crippen LogP contribution in [0.4, 0.5) is 4.39 Å². The van der Waals surface area contributed by atoms with Crippen LogP contribution in [0.2, 0.25) is 0 Å². The molecule has 0 saturated heterocycles. The highest BCUT2D eigenvalue weighted by molar-refractivity contribution is 6.01. The molecule has 3 rings (SSSR count). The molecule has 0 fully saturated rings. The Kier molecular flexibility index (Phi) is 6.46. The van der Waals surface area contributed by atoms with Crippen molar-refractivity contribution in [3.05, 3.63) is 76.4 Å². The molecule has 156 valence electrons. The van der Waals surface area contributed by atoms with E-state index in [4.69, 9.17) is 18.7 Å². The second-order valence-corrected chi connectivity index (χ2v) is 6.46. The normalized spacial score (nSPS) is 10.5. The number of Topliss-reactive ketones (excluding diaryl/α,β-unsaturated/α-hetero) is 1. The van der Waals surface area contributed by atoms with Gasteiger partial charge in [-0.2, -0.15) is 0 Å². The Bertz CT molecular complexity index is 1040. The molecule has 0 radical (unpaired) electrons. The van der Waals surface area contributed by atoms with E-state index in [0.29, 0.717) is 11.5 Å². The SMILES string of the molecule is COc1ccc(F)cc1C(=O)COC(=O)c1ccc(OCc2c(C)noc2C)cc1. The molecule has 0 atom stereocenters. The summed E-state index contributed by atoms with van der Waals surface area (Å²) in [7, 11) is 1.37. The van der Waals surface area contributed by atoms with Crippen molar-refractivity contribution >= 4 is 11.8 Å². The highest BCUT2D eigenvalue weighted by atomic mass is 19.1. The van der Waals surface area contributed by atoms with E-state index in [0.717, 1.165) is 17.3 Å². The summed E-state index contributed by atoms with van der Waals surface area (Å²) in [6.45, 7) is 3.38. The fourth-order valence-electron chi connectivity index (χ4n) is 2.74. The van der Waals surface area contributed by atoms with Gasteiger partial charge < -0.3 is 18.7 Å². The molecule has 1 heterocycles. The number of esters is 1. The average Bonchev–Trinajstić information content (AvgIpc) is 3.07. The van der Waals surface area contributed by atoms with Crippen LogP contribution in [0.25, 0.3) is 0 Å². The summed E-state index contributed by atoms with van der Waals surface area (Å²) < 4.78 is 34.3. The minimum Gasteiger partial charge on any atom is -0.496 e. The number of methoxy groups -OCH3 is 1. The number of benzene rings is 2. The number of nitrogens with zero attached hydrogens (tertiary/aromatic N) is 1. The summed E-state index contributed by atoms with van der Waals surface area (Å²) in [4.78, 5) is 24.5. The minimum absolute atomic E-state index is 0.00775. The predicted molar refractivity (Wildman–Crippen MR) is 104 cm³/mol. The van der Waals surface area contributed by atoms with E-state index >= 15 is 0 Å². The van der Waals surface area contributed by atoms with Gasteiger partial charge in [0.25, 0.3) is 0 Å². The molecule has 7 nitrogen and oxygen atoms in total. The maximum absolute atomic E-state index is 13.4. The van der Waals surface area contributed by atoms with E-state index in [1.807, 2.05) is 6.92 Å². The number of hydrogen-bond donors (Lipinski definition) is 0. The van der Waals surface area contributed by atoms with Crippen molar-refractivity contribution in [2.45, 2.75) is 20.5 Å². The van der Waals surface area contributed by atoms with Gasteiger partial charge in [0.1, 0.15) is 29.7 Å². The summed E-state index contributed by atoms with van der Waals surface area (Å²) in [6.07, 6.45) is 0. The number of ketones is 1. The molecule has 0 aliphatic heterocycles. The topological polar surface area (TPSA) is 87.9 Å². The molecule has 2 aromatic carbocycles. The predicted octanol–water partition coefficient (Wildman–Crippen LogP) is 4.06. The monoisotopic (exact) mass is 413 g/mol. The van der Waals surface area contributed by atoms with Crippen LogP contribution < -0.4 is 9.47 Å². The molecule has 0 amide bonds. The minimum atomic E-state index is -0.684. The summed E-state index contributed by atoms with van der Waals surface area (Å²) in [5.74, 6) is -0.399. The van der Waals surface area contributed by atoms with Gasteiger partial charge in [-0.3, -0.25) is 4.79 Å². The lowest BCUT2D eigenvalue weighted by atomic mass is 10.1. The van der Waals surface area contributed by atoms with Crippen LogP contribution in [-0.2, 0) is 11.3 Å². The number of hydrogen-bond acceptors (Lipinski definition) is 7. The third kappa shape index (κ3) is 4.83. The van der Waals surface area contributed by atoms with Gasteiger partial charge >= 0.3 is 5.97 Å². The fraction of sp³-hybridized carbons (Fsp3) is 0.227. The van der Waals surface area contributed by atoms with Gasteiger partial charge in [0.2, 0.25) is 5.78 Å².